The van der Waals surface area contributed by atoms with Crippen molar-refractivity contribution >= 4 is 23.4 Å². The van der Waals surface area contributed by atoms with Gasteiger partial charge in [0.25, 0.3) is 0 Å². The zero-order valence-electron chi connectivity index (χ0n) is 15.1. The van der Waals surface area contributed by atoms with Crippen LogP contribution in [0.15, 0.2) is 18.3 Å². The first-order chi connectivity index (χ1) is 12.0. The average molecular weight is 366 g/mol. The second kappa shape index (κ2) is 7.92. The normalized spacial score (nSPS) is 28.8. The molecule has 1 saturated heterocycles. The van der Waals surface area contributed by atoms with Gasteiger partial charge in [0.1, 0.15) is 5.82 Å². The number of rotatable bonds is 8. The van der Waals surface area contributed by atoms with Crippen molar-refractivity contribution in [3.8, 4) is 0 Å². The molecule has 1 unspecified atom stereocenters. The monoisotopic (exact) mass is 365 g/mol. The van der Waals surface area contributed by atoms with Gasteiger partial charge in [0.05, 0.1) is 17.0 Å². The lowest BCUT2D eigenvalue weighted by molar-refractivity contribution is -0.167. The van der Waals surface area contributed by atoms with E-state index in [1.165, 1.54) is 0 Å². The van der Waals surface area contributed by atoms with E-state index in [0.29, 0.717) is 10.9 Å². The standard InChI is InChI=1S/C19H28ClN3O2/c1-3-4-5-6-13(2)18(24)25-19-10-14(11-22-19)9-16(19)23-17-8-7-15(20)12-21-17/h7-8,12-14,16,22H,3-6,9-11H2,1-2H3,(H,21,23)/t13?,14-,16+,19-/m0/s1. The summed E-state index contributed by atoms with van der Waals surface area (Å²) in [4.78, 5) is 16.9. The maximum atomic E-state index is 12.6. The van der Waals surface area contributed by atoms with Crippen LogP contribution in [0.1, 0.15) is 52.4 Å². The molecule has 1 saturated carbocycles. The molecule has 1 aromatic heterocycles. The van der Waals surface area contributed by atoms with Gasteiger partial charge in [-0.1, -0.05) is 44.7 Å². The highest BCUT2D eigenvalue weighted by Crippen LogP contribution is 2.42. The SMILES string of the molecule is CCCCCC(C)C(=O)O[C@]12C[C@@H](CN1)C[C@H]2Nc1ccc(Cl)cn1. The first-order valence-corrected chi connectivity index (χ1v) is 9.76. The quantitative estimate of drug-likeness (QED) is 0.538. The highest BCUT2D eigenvalue weighted by Gasteiger charge is 2.55. The van der Waals surface area contributed by atoms with Crippen LogP contribution in [0, 0.1) is 11.8 Å². The number of unbranched alkanes of at least 4 members (excludes halogenated alkanes) is 2. The Bertz CT molecular complexity index is 595. The largest absolute Gasteiger partial charge is 0.441 e. The van der Waals surface area contributed by atoms with Crippen molar-refractivity contribution in [2.24, 2.45) is 11.8 Å². The Labute approximate surface area is 154 Å². The number of hydrogen-bond donors (Lipinski definition) is 2. The van der Waals surface area contributed by atoms with Crippen LogP contribution < -0.4 is 10.6 Å². The van der Waals surface area contributed by atoms with Crippen molar-refractivity contribution in [1.82, 2.24) is 10.3 Å². The van der Waals surface area contributed by atoms with E-state index in [2.05, 4.69) is 22.5 Å². The summed E-state index contributed by atoms with van der Waals surface area (Å²) in [7, 11) is 0. The van der Waals surface area contributed by atoms with Crippen LogP contribution in [0.25, 0.3) is 0 Å². The van der Waals surface area contributed by atoms with Crippen molar-refractivity contribution < 1.29 is 9.53 Å². The molecule has 6 heteroatoms. The Balaban J connectivity index is 1.63. The number of ether oxygens (including phenoxy) is 1. The van der Waals surface area contributed by atoms with Gasteiger partial charge in [-0.3, -0.25) is 10.1 Å². The first kappa shape index (κ1) is 18.5. The Hall–Kier alpha value is -1.33. The summed E-state index contributed by atoms with van der Waals surface area (Å²) in [5.41, 5.74) is -0.609. The topological polar surface area (TPSA) is 63.2 Å². The second-order valence-electron chi connectivity index (χ2n) is 7.45. The molecule has 4 atom stereocenters. The first-order valence-electron chi connectivity index (χ1n) is 9.38. The molecule has 5 nitrogen and oxygen atoms in total. The zero-order chi connectivity index (χ0) is 17.9. The number of anilines is 1. The lowest BCUT2D eigenvalue weighted by Gasteiger charge is -2.36. The number of pyridine rings is 1. The number of esters is 1. The van der Waals surface area contributed by atoms with Crippen molar-refractivity contribution in [2.75, 3.05) is 11.9 Å². The van der Waals surface area contributed by atoms with Gasteiger partial charge >= 0.3 is 5.97 Å². The minimum atomic E-state index is -0.609. The maximum Gasteiger partial charge on any atom is 0.310 e. The van der Waals surface area contributed by atoms with E-state index in [9.17, 15) is 4.79 Å². The molecule has 0 spiro atoms. The summed E-state index contributed by atoms with van der Waals surface area (Å²) < 4.78 is 6.02. The van der Waals surface area contributed by atoms with Crippen LogP contribution >= 0.6 is 11.6 Å². The predicted molar refractivity (Wildman–Crippen MR) is 99.5 cm³/mol. The Morgan fingerprint density at radius 3 is 3.04 bits per heavy atom. The summed E-state index contributed by atoms with van der Waals surface area (Å²) in [5, 5.41) is 7.48. The molecular formula is C19H28ClN3O2. The number of fused-ring (bicyclic) bond motifs is 2. The Morgan fingerprint density at radius 1 is 1.52 bits per heavy atom. The summed E-state index contributed by atoms with van der Waals surface area (Å²) in [6.07, 6.45) is 7.76. The summed E-state index contributed by atoms with van der Waals surface area (Å²) in [6, 6.07) is 3.70. The molecule has 2 aliphatic rings. The van der Waals surface area contributed by atoms with Gasteiger partial charge in [0.15, 0.2) is 5.72 Å². The van der Waals surface area contributed by atoms with Gasteiger partial charge in [-0.2, -0.15) is 0 Å². The predicted octanol–water partition coefficient (Wildman–Crippen LogP) is 3.98. The van der Waals surface area contributed by atoms with Gasteiger partial charge in [0, 0.05) is 19.2 Å². The number of hydrogen-bond acceptors (Lipinski definition) is 5. The number of carbonyl (C=O) groups is 1. The number of piperidine rings is 1. The van der Waals surface area contributed by atoms with Crippen LogP contribution in [0.4, 0.5) is 5.82 Å². The van der Waals surface area contributed by atoms with E-state index in [-0.39, 0.29) is 17.9 Å². The van der Waals surface area contributed by atoms with Crippen LogP contribution in [0.5, 0.6) is 0 Å². The van der Waals surface area contributed by atoms with E-state index >= 15 is 0 Å². The van der Waals surface area contributed by atoms with Crippen molar-refractivity contribution in [3.05, 3.63) is 23.4 Å². The molecule has 0 radical (unpaired) electrons. The highest BCUT2D eigenvalue weighted by molar-refractivity contribution is 6.30. The molecular weight excluding hydrogens is 338 g/mol. The number of nitrogens with zero attached hydrogens (tertiary/aromatic N) is 1. The van der Waals surface area contributed by atoms with Crippen LogP contribution in [-0.4, -0.2) is 29.3 Å². The van der Waals surface area contributed by atoms with Crippen LogP contribution in [0.3, 0.4) is 0 Å². The number of aromatic nitrogens is 1. The molecule has 1 aliphatic heterocycles. The second-order valence-corrected chi connectivity index (χ2v) is 7.89. The van der Waals surface area contributed by atoms with E-state index in [4.69, 9.17) is 16.3 Å². The van der Waals surface area contributed by atoms with Crippen LogP contribution in [-0.2, 0) is 9.53 Å². The molecule has 25 heavy (non-hydrogen) atoms. The molecule has 3 rings (SSSR count). The molecule has 0 amide bonds. The number of carbonyl (C=O) groups excluding carboxylic acids is 1. The van der Waals surface area contributed by atoms with Crippen LogP contribution in [0.2, 0.25) is 5.02 Å². The maximum absolute atomic E-state index is 12.6. The number of nitrogens with one attached hydrogen (secondary N) is 2. The van der Waals surface area contributed by atoms with E-state index in [1.807, 2.05) is 19.1 Å². The van der Waals surface area contributed by atoms with Gasteiger partial charge in [-0.15, -0.1) is 0 Å². The molecule has 1 aromatic rings. The summed E-state index contributed by atoms with van der Waals surface area (Å²) in [5.74, 6) is 1.14. The van der Waals surface area contributed by atoms with Gasteiger partial charge in [-0.05, 0) is 30.9 Å². The van der Waals surface area contributed by atoms with E-state index in [0.717, 1.165) is 50.9 Å². The third kappa shape index (κ3) is 4.26. The zero-order valence-corrected chi connectivity index (χ0v) is 15.8. The third-order valence-corrected chi connectivity index (χ3v) is 5.61. The molecule has 1 aliphatic carbocycles. The molecule has 2 fully saturated rings. The lowest BCUT2D eigenvalue weighted by Crippen LogP contribution is -2.57. The van der Waals surface area contributed by atoms with E-state index in [1.54, 1.807) is 6.20 Å². The fraction of sp³-hybridized carbons (Fsp3) is 0.684. The van der Waals surface area contributed by atoms with Crippen molar-refractivity contribution in [1.29, 1.82) is 0 Å². The molecule has 2 bridgehead atoms. The molecule has 0 aromatic carbocycles. The molecule has 2 N–H and O–H groups in total. The third-order valence-electron chi connectivity index (χ3n) is 5.39. The van der Waals surface area contributed by atoms with Crippen molar-refractivity contribution in [2.45, 2.75) is 64.1 Å². The highest BCUT2D eigenvalue weighted by atomic mass is 35.5. The van der Waals surface area contributed by atoms with E-state index < -0.39 is 5.72 Å². The van der Waals surface area contributed by atoms with Gasteiger partial charge in [-0.25, -0.2) is 4.98 Å². The smallest absolute Gasteiger partial charge is 0.310 e. The van der Waals surface area contributed by atoms with Gasteiger partial charge in [0.2, 0.25) is 0 Å². The summed E-state index contributed by atoms with van der Waals surface area (Å²) in [6.45, 7) is 5.05. The summed E-state index contributed by atoms with van der Waals surface area (Å²) >= 11 is 5.90. The van der Waals surface area contributed by atoms with Gasteiger partial charge < -0.3 is 10.1 Å². The van der Waals surface area contributed by atoms with Crippen molar-refractivity contribution in [3.63, 3.8) is 0 Å². The fourth-order valence-corrected chi connectivity index (χ4v) is 4.02. The Morgan fingerprint density at radius 2 is 2.36 bits per heavy atom. The minimum Gasteiger partial charge on any atom is -0.441 e. The minimum absolute atomic E-state index is 0.0340. The molecule has 2 heterocycles. The average Bonchev–Trinajstić information content (AvgIpc) is 3.14. The fourth-order valence-electron chi connectivity index (χ4n) is 3.91. The Kier molecular flexibility index (Phi) is 5.85. The number of halogens is 1. The lowest BCUT2D eigenvalue weighted by atomic mass is 10.0. The molecule has 138 valence electrons.